The number of benzene rings is 1. The van der Waals surface area contributed by atoms with Gasteiger partial charge in [0.15, 0.2) is 0 Å². The Balaban J connectivity index is 2.39. The predicted octanol–water partition coefficient (Wildman–Crippen LogP) is 3.61. The summed E-state index contributed by atoms with van der Waals surface area (Å²) in [4.78, 5) is 1.35. The van der Waals surface area contributed by atoms with Crippen molar-refractivity contribution in [3.05, 3.63) is 29.8 Å². The molecule has 18 heavy (non-hydrogen) atoms. The van der Waals surface area contributed by atoms with E-state index in [2.05, 4.69) is 43.4 Å². The number of thioether (sulfide) groups is 1. The molecule has 0 aliphatic heterocycles. The number of rotatable bonds is 9. The summed E-state index contributed by atoms with van der Waals surface area (Å²) >= 11 is 1.91. The van der Waals surface area contributed by atoms with Crippen LogP contribution in [0, 0.1) is 0 Å². The van der Waals surface area contributed by atoms with E-state index in [0.29, 0.717) is 12.6 Å². The maximum absolute atomic E-state index is 8.72. The number of nitrogens with one attached hydrogen (secondary N) is 1. The van der Waals surface area contributed by atoms with E-state index in [-0.39, 0.29) is 0 Å². The smallest absolute Gasteiger partial charge is 0.0431 e. The van der Waals surface area contributed by atoms with Gasteiger partial charge in [-0.2, -0.15) is 0 Å². The van der Waals surface area contributed by atoms with E-state index in [1.165, 1.54) is 16.9 Å². The molecule has 0 bridgehead atoms. The standard InChI is InChI=1S/C15H25NOS/c1-3-16-13(2)14-8-7-9-15(12-14)18-11-6-4-5-10-17/h7-9,12-13,16-17H,3-6,10-11H2,1-2H3. The van der Waals surface area contributed by atoms with Crippen LogP contribution in [0.15, 0.2) is 29.2 Å². The Morgan fingerprint density at radius 3 is 2.83 bits per heavy atom. The lowest BCUT2D eigenvalue weighted by molar-refractivity contribution is 0.284. The maximum Gasteiger partial charge on any atom is 0.0431 e. The van der Waals surface area contributed by atoms with Crippen molar-refractivity contribution in [3.63, 3.8) is 0 Å². The van der Waals surface area contributed by atoms with Gasteiger partial charge in [-0.3, -0.25) is 0 Å². The average Bonchev–Trinajstić information content (AvgIpc) is 2.39. The molecule has 0 aromatic heterocycles. The minimum absolute atomic E-state index is 0.320. The van der Waals surface area contributed by atoms with Crippen molar-refractivity contribution in [1.82, 2.24) is 5.32 Å². The molecule has 0 radical (unpaired) electrons. The van der Waals surface area contributed by atoms with Crippen molar-refractivity contribution >= 4 is 11.8 Å². The molecule has 0 aliphatic carbocycles. The second-order valence-corrected chi connectivity index (χ2v) is 5.65. The zero-order valence-electron chi connectivity index (χ0n) is 11.5. The van der Waals surface area contributed by atoms with Crippen molar-refractivity contribution in [2.45, 2.75) is 44.0 Å². The van der Waals surface area contributed by atoms with Gasteiger partial charge < -0.3 is 10.4 Å². The molecule has 0 heterocycles. The Labute approximate surface area is 115 Å². The van der Waals surface area contributed by atoms with Crippen LogP contribution >= 0.6 is 11.8 Å². The lowest BCUT2D eigenvalue weighted by Gasteiger charge is -2.13. The third-order valence-corrected chi connectivity index (χ3v) is 4.02. The fraction of sp³-hybridized carbons (Fsp3) is 0.600. The molecule has 0 amide bonds. The molecule has 0 fully saturated rings. The topological polar surface area (TPSA) is 32.3 Å². The molecule has 0 saturated carbocycles. The van der Waals surface area contributed by atoms with Crippen molar-refractivity contribution in [2.24, 2.45) is 0 Å². The maximum atomic E-state index is 8.72. The molecule has 2 nitrogen and oxygen atoms in total. The summed E-state index contributed by atoms with van der Waals surface area (Å²) in [5, 5.41) is 12.2. The summed E-state index contributed by atoms with van der Waals surface area (Å²) in [7, 11) is 0. The first kappa shape index (κ1) is 15.5. The lowest BCUT2D eigenvalue weighted by Crippen LogP contribution is -2.17. The van der Waals surface area contributed by atoms with E-state index in [1.807, 2.05) is 11.8 Å². The minimum atomic E-state index is 0.320. The molecule has 0 aliphatic rings. The summed E-state index contributed by atoms with van der Waals surface area (Å²) < 4.78 is 0. The van der Waals surface area contributed by atoms with Crippen molar-refractivity contribution in [3.8, 4) is 0 Å². The monoisotopic (exact) mass is 267 g/mol. The summed E-state index contributed by atoms with van der Waals surface area (Å²) in [6.45, 7) is 5.66. The van der Waals surface area contributed by atoms with E-state index in [9.17, 15) is 0 Å². The number of hydrogen-bond donors (Lipinski definition) is 2. The quantitative estimate of drug-likeness (QED) is 0.529. The normalized spacial score (nSPS) is 12.6. The molecule has 0 spiro atoms. The summed E-state index contributed by atoms with van der Waals surface area (Å²) in [5.74, 6) is 1.14. The molecule has 2 N–H and O–H groups in total. The highest BCUT2D eigenvalue weighted by atomic mass is 32.2. The van der Waals surface area contributed by atoms with Gasteiger partial charge in [0.1, 0.15) is 0 Å². The lowest BCUT2D eigenvalue weighted by atomic mass is 10.1. The predicted molar refractivity (Wildman–Crippen MR) is 80.2 cm³/mol. The first-order chi connectivity index (χ1) is 8.77. The van der Waals surface area contributed by atoms with Crippen LogP contribution < -0.4 is 5.32 Å². The van der Waals surface area contributed by atoms with E-state index < -0.39 is 0 Å². The molecule has 3 heteroatoms. The number of aliphatic hydroxyl groups is 1. The van der Waals surface area contributed by atoms with Gasteiger partial charge in [0.05, 0.1) is 0 Å². The molecule has 1 atom stereocenters. The van der Waals surface area contributed by atoms with E-state index in [0.717, 1.165) is 25.1 Å². The summed E-state index contributed by atoms with van der Waals surface area (Å²) in [6, 6.07) is 9.20. The fourth-order valence-corrected chi connectivity index (χ4v) is 2.86. The van der Waals surface area contributed by atoms with Crippen LogP contribution in [-0.2, 0) is 0 Å². The molecule has 1 aromatic carbocycles. The zero-order chi connectivity index (χ0) is 13.2. The van der Waals surface area contributed by atoms with Crippen molar-refractivity contribution in [1.29, 1.82) is 0 Å². The van der Waals surface area contributed by atoms with Crippen molar-refractivity contribution < 1.29 is 5.11 Å². The van der Waals surface area contributed by atoms with Gasteiger partial charge in [-0.25, -0.2) is 0 Å². The number of aliphatic hydroxyl groups excluding tert-OH is 1. The van der Waals surface area contributed by atoms with Crippen LogP contribution in [0.3, 0.4) is 0 Å². The van der Waals surface area contributed by atoms with Crippen LogP contribution in [0.5, 0.6) is 0 Å². The summed E-state index contributed by atoms with van der Waals surface area (Å²) in [5.41, 5.74) is 1.36. The summed E-state index contributed by atoms with van der Waals surface area (Å²) in [6.07, 6.45) is 3.23. The highest BCUT2D eigenvalue weighted by molar-refractivity contribution is 7.99. The Morgan fingerprint density at radius 2 is 2.11 bits per heavy atom. The van der Waals surface area contributed by atoms with Crippen LogP contribution in [-0.4, -0.2) is 24.0 Å². The van der Waals surface area contributed by atoms with Gasteiger partial charge in [-0.05, 0) is 49.8 Å². The SMILES string of the molecule is CCNC(C)c1cccc(SCCCCCO)c1. The fourth-order valence-electron chi connectivity index (χ4n) is 1.88. The molecular weight excluding hydrogens is 242 g/mol. The van der Waals surface area contributed by atoms with Gasteiger partial charge >= 0.3 is 0 Å². The molecule has 0 saturated heterocycles. The first-order valence-electron chi connectivity index (χ1n) is 6.85. The molecular formula is C15H25NOS. The first-order valence-corrected chi connectivity index (χ1v) is 7.83. The van der Waals surface area contributed by atoms with Crippen molar-refractivity contribution in [2.75, 3.05) is 18.9 Å². The van der Waals surface area contributed by atoms with Gasteiger partial charge in [0.25, 0.3) is 0 Å². The van der Waals surface area contributed by atoms with Gasteiger partial charge in [-0.1, -0.05) is 25.5 Å². The van der Waals surface area contributed by atoms with Crippen LogP contribution in [0.4, 0.5) is 0 Å². The van der Waals surface area contributed by atoms with Gasteiger partial charge in [0.2, 0.25) is 0 Å². The zero-order valence-corrected chi connectivity index (χ0v) is 12.3. The Kier molecular flexibility index (Phi) is 8.14. The Bertz CT molecular complexity index is 330. The van der Waals surface area contributed by atoms with Crippen LogP contribution in [0.2, 0.25) is 0 Å². The molecule has 102 valence electrons. The van der Waals surface area contributed by atoms with Gasteiger partial charge in [0, 0.05) is 17.5 Å². The molecule has 1 rings (SSSR count). The third kappa shape index (κ3) is 5.89. The highest BCUT2D eigenvalue weighted by Gasteiger charge is 2.04. The second-order valence-electron chi connectivity index (χ2n) is 4.48. The minimum Gasteiger partial charge on any atom is -0.396 e. The van der Waals surface area contributed by atoms with E-state index in [1.54, 1.807) is 0 Å². The Hall–Kier alpha value is -0.510. The van der Waals surface area contributed by atoms with E-state index >= 15 is 0 Å². The average molecular weight is 267 g/mol. The van der Waals surface area contributed by atoms with Gasteiger partial charge in [-0.15, -0.1) is 11.8 Å². The Morgan fingerprint density at radius 1 is 1.28 bits per heavy atom. The van der Waals surface area contributed by atoms with E-state index in [4.69, 9.17) is 5.11 Å². The third-order valence-electron chi connectivity index (χ3n) is 2.94. The second kappa shape index (κ2) is 9.42. The molecule has 1 aromatic rings. The number of unbranched alkanes of at least 4 members (excludes halogenated alkanes) is 2. The molecule has 1 unspecified atom stereocenters. The number of hydrogen-bond acceptors (Lipinski definition) is 3. The largest absolute Gasteiger partial charge is 0.396 e. The van der Waals surface area contributed by atoms with Crippen LogP contribution in [0.25, 0.3) is 0 Å². The highest BCUT2D eigenvalue weighted by Crippen LogP contribution is 2.23. The van der Waals surface area contributed by atoms with Crippen LogP contribution in [0.1, 0.15) is 44.7 Å².